The summed E-state index contributed by atoms with van der Waals surface area (Å²) in [6, 6.07) is 4.67. The van der Waals surface area contributed by atoms with Crippen molar-refractivity contribution in [2.45, 2.75) is 6.54 Å². The lowest BCUT2D eigenvalue weighted by molar-refractivity contribution is 0.0697. The second kappa shape index (κ2) is 5.66. The molecular formula is C12H8Br2N2O3. The topological polar surface area (TPSA) is 72.2 Å². The van der Waals surface area contributed by atoms with E-state index in [-0.39, 0.29) is 11.1 Å². The second-order valence-corrected chi connectivity index (χ2v) is 5.49. The van der Waals surface area contributed by atoms with Crippen LogP contribution in [0.15, 0.2) is 44.5 Å². The predicted molar refractivity (Wildman–Crippen MR) is 76.4 cm³/mol. The molecule has 0 unspecified atom stereocenters. The maximum Gasteiger partial charge on any atom is 0.335 e. The van der Waals surface area contributed by atoms with Crippen LogP contribution in [0.25, 0.3) is 0 Å². The van der Waals surface area contributed by atoms with Gasteiger partial charge in [0.2, 0.25) is 0 Å². The largest absolute Gasteiger partial charge is 0.478 e. The second-order valence-electron chi connectivity index (χ2n) is 3.79. The van der Waals surface area contributed by atoms with Gasteiger partial charge in [-0.15, -0.1) is 0 Å². The summed E-state index contributed by atoms with van der Waals surface area (Å²) in [7, 11) is 0. The van der Waals surface area contributed by atoms with Crippen molar-refractivity contribution in [1.29, 1.82) is 0 Å². The lowest BCUT2D eigenvalue weighted by atomic mass is 10.1. The Bertz CT molecular complexity index is 698. The molecule has 0 amide bonds. The lowest BCUT2D eigenvalue weighted by Crippen LogP contribution is -2.21. The maximum absolute atomic E-state index is 11.8. The van der Waals surface area contributed by atoms with E-state index in [9.17, 15) is 9.59 Å². The molecule has 0 fully saturated rings. The van der Waals surface area contributed by atoms with Crippen molar-refractivity contribution in [3.63, 3.8) is 0 Å². The van der Waals surface area contributed by atoms with Crippen LogP contribution < -0.4 is 5.56 Å². The van der Waals surface area contributed by atoms with Crippen LogP contribution in [0.3, 0.4) is 0 Å². The van der Waals surface area contributed by atoms with Crippen molar-refractivity contribution < 1.29 is 9.90 Å². The van der Waals surface area contributed by atoms with Crippen LogP contribution in [0.2, 0.25) is 0 Å². The number of nitrogens with zero attached hydrogens (tertiary/aromatic N) is 2. The lowest BCUT2D eigenvalue weighted by Gasteiger charge is -2.08. The van der Waals surface area contributed by atoms with Gasteiger partial charge in [-0.05, 0) is 33.6 Å². The van der Waals surface area contributed by atoms with Crippen molar-refractivity contribution in [2.75, 3.05) is 0 Å². The third-order valence-electron chi connectivity index (χ3n) is 2.50. The van der Waals surface area contributed by atoms with Gasteiger partial charge in [0.05, 0.1) is 18.4 Å². The number of aromatic nitrogens is 2. The Kier molecular flexibility index (Phi) is 4.16. The van der Waals surface area contributed by atoms with Gasteiger partial charge in [0.25, 0.3) is 5.56 Å². The van der Waals surface area contributed by atoms with Gasteiger partial charge in [-0.3, -0.25) is 9.36 Å². The van der Waals surface area contributed by atoms with Crippen LogP contribution in [0.1, 0.15) is 15.9 Å². The molecule has 1 aromatic carbocycles. The Labute approximate surface area is 125 Å². The van der Waals surface area contributed by atoms with E-state index in [0.717, 1.165) is 5.56 Å². The van der Waals surface area contributed by atoms with Gasteiger partial charge in [-0.1, -0.05) is 22.0 Å². The number of hydrogen-bond donors (Lipinski definition) is 1. The highest BCUT2D eigenvalue weighted by Gasteiger charge is 2.08. The number of aromatic carboxylic acids is 1. The molecule has 0 atom stereocenters. The Balaban J connectivity index is 2.36. The minimum absolute atomic E-state index is 0.190. The Hall–Kier alpha value is -1.47. The average Bonchev–Trinajstić information content (AvgIpc) is 2.37. The third kappa shape index (κ3) is 3.10. The third-order valence-corrected chi connectivity index (χ3v) is 3.78. The molecular weight excluding hydrogens is 380 g/mol. The van der Waals surface area contributed by atoms with Gasteiger partial charge in [-0.25, -0.2) is 9.78 Å². The van der Waals surface area contributed by atoms with Gasteiger partial charge < -0.3 is 5.11 Å². The van der Waals surface area contributed by atoms with Crippen molar-refractivity contribution in [2.24, 2.45) is 0 Å². The van der Waals surface area contributed by atoms with Crippen LogP contribution in [-0.2, 0) is 6.54 Å². The molecule has 2 rings (SSSR count). The molecule has 7 heteroatoms. The quantitative estimate of drug-likeness (QED) is 0.878. The molecule has 5 nitrogen and oxygen atoms in total. The minimum Gasteiger partial charge on any atom is -0.478 e. The monoisotopic (exact) mass is 386 g/mol. The van der Waals surface area contributed by atoms with Crippen molar-refractivity contribution in [3.8, 4) is 0 Å². The summed E-state index contributed by atoms with van der Waals surface area (Å²) in [5.74, 6) is -0.992. The molecule has 0 aliphatic rings. The van der Waals surface area contributed by atoms with Gasteiger partial charge in [0.15, 0.2) is 0 Å². The SMILES string of the molecule is O=C(O)c1ccc(Cn2cncc(Br)c2=O)c(Br)c1. The highest BCUT2D eigenvalue weighted by molar-refractivity contribution is 9.10. The van der Waals surface area contributed by atoms with Crippen LogP contribution in [0.4, 0.5) is 0 Å². The zero-order chi connectivity index (χ0) is 14.0. The van der Waals surface area contributed by atoms with Gasteiger partial charge in [-0.2, -0.15) is 0 Å². The van der Waals surface area contributed by atoms with E-state index in [2.05, 4.69) is 36.8 Å². The van der Waals surface area contributed by atoms with Gasteiger partial charge in [0, 0.05) is 10.7 Å². The summed E-state index contributed by atoms with van der Waals surface area (Å²) in [6.07, 6.45) is 2.87. The fourth-order valence-electron chi connectivity index (χ4n) is 1.53. The molecule has 0 radical (unpaired) electrons. The molecule has 0 saturated heterocycles. The summed E-state index contributed by atoms with van der Waals surface area (Å²) in [5, 5.41) is 8.88. The summed E-state index contributed by atoms with van der Waals surface area (Å²) in [4.78, 5) is 26.6. The highest BCUT2D eigenvalue weighted by Crippen LogP contribution is 2.19. The Morgan fingerprint density at radius 3 is 2.68 bits per heavy atom. The van der Waals surface area contributed by atoms with E-state index >= 15 is 0 Å². The molecule has 0 aliphatic carbocycles. The predicted octanol–water partition coefficient (Wildman–Crippen LogP) is 2.51. The number of carbonyl (C=O) groups is 1. The summed E-state index contributed by atoms with van der Waals surface area (Å²) >= 11 is 6.43. The van der Waals surface area contributed by atoms with E-state index in [0.29, 0.717) is 15.5 Å². The number of rotatable bonds is 3. The molecule has 0 saturated carbocycles. The molecule has 1 aromatic heterocycles. The van der Waals surface area contributed by atoms with E-state index in [1.807, 2.05) is 0 Å². The summed E-state index contributed by atoms with van der Waals surface area (Å²) in [6.45, 7) is 0.311. The van der Waals surface area contributed by atoms with Crippen LogP contribution in [-0.4, -0.2) is 20.6 Å². The van der Waals surface area contributed by atoms with Crippen molar-refractivity contribution >= 4 is 37.8 Å². The maximum atomic E-state index is 11.8. The van der Waals surface area contributed by atoms with E-state index in [4.69, 9.17) is 5.11 Å². The molecule has 2 aromatic rings. The zero-order valence-corrected chi connectivity index (χ0v) is 12.7. The number of benzene rings is 1. The first kappa shape index (κ1) is 14.0. The molecule has 0 spiro atoms. The number of halogens is 2. The first-order chi connectivity index (χ1) is 8.99. The van der Waals surface area contributed by atoms with Crippen LogP contribution in [0, 0.1) is 0 Å². The highest BCUT2D eigenvalue weighted by atomic mass is 79.9. The van der Waals surface area contributed by atoms with E-state index in [1.165, 1.54) is 29.2 Å². The number of hydrogen-bond acceptors (Lipinski definition) is 3. The molecule has 0 bridgehead atoms. The summed E-state index contributed by atoms with van der Waals surface area (Å²) < 4.78 is 2.46. The first-order valence-corrected chi connectivity index (χ1v) is 6.79. The zero-order valence-electron chi connectivity index (χ0n) is 9.51. The summed E-state index contributed by atoms with van der Waals surface area (Å²) in [5.41, 5.74) is 0.798. The molecule has 98 valence electrons. The molecule has 1 N–H and O–H groups in total. The standard InChI is InChI=1S/C12H8Br2N2O3/c13-9-3-7(12(18)19)1-2-8(9)5-16-6-15-4-10(14)11(16)17/h1-4,6H,5H2,(H,18,19). The smallest absolute Gasteiger partial charge is 0.335 e. The van der Waals surface area contributed by atoms with Crippen molar-refractivity contribution in [3.05, 3.63) is 61.1 Å². The normalized spacial score (nSPS) is 10.4. The van der Waals surface area contributed by atoms with Gasteiger partial charge in [0.1, 0.15) is 4.47 Å². The van der Waals surface area contributed by atoms with Crippen LogP contribution >= 0.6 is 31.9 Å². The van der Waals surface area contributed by atoms with Crippen molar-refractivity contribution in [1.82, 2.24) is 9.55 Å². The molecule has 1 heterocycles. The molecule has 0 aliphatic heterocycles. The van der Waals surface area contributed by atoms with Crippen LogP contribution in [0.5, 0.6) is 0 Å². The Morgan fingerprint density at radius 1 is 1.32 bits per heavy atom. The van der Waals surface area contributed by atoms with E-state index < -0.39 is 5.97 Å². The Morgan fingerprint density at radius 2 is 2.05 bits per heavy atom. The van der Waals surface area contributed by atoms with Gasteiger partial charge >= 0.3 is 5.97 Å². The fourth-order valence-corrected chi connectivity index (χ4v) is 2.38. The number of carboxylic acid groups (broad SMARTS) is 1. The minimum atomic E-state index is -0.992. The molecule has 19 heavy (non-hydrogen) atoms. The fraction of sp³-hybridized carbons (Fsp3) is 0.0833. The number of carboxylic acids is 1. The van der Waals surface area contributed by atoms with E-state index in [1.54, 1.807) is 6.07 Å². The first-order valence-electron chi connectivity index (χ1n) is 5.20. The average molecular weight is 388 g/mol.